The van der Waals surface area contributed by atoms with Gasteiger partial charge in [0.25, 0.3) is 5.91 Å². The Morgan fingerprint density at radius 3 is 2.64 bits per heavy atom. The fourth-order valence-electron chi connectivity index (χ4n) is 5.19. The van der Waals surface area contributed by atoms with Gasteiger partial charge in [0.15, 0.2) is 0 Å². The molecule has 2 aromatic carbocycles. The number of carbonyl (C=O) groups is 1. The van der Waals surface area contributed by atoms with Gasteiger partial charge in [-0.2, -0.15) is 0 Å². The van der Waals surface area contributed by atoms with Gasteiger partial charge in [-0.1, -0.05) is 30.3 Å². The van der Waals surface area contributed by atoms with Crippen LogP contribution in [0.3, 0.4) is 0 Å². The van der Waals surface area contributed by atoms with Crippen LogP contribution in [0.15, 0.2) is 42.5 Å². The molecule has 1 aliphatic carbocycles. The predicted molar refractivity (Wildman–Crippen MR) is 133 cm³/mol. The predicted octanol–water partition coefficient (Wildman–Crippen LogP) is 5.69. The van der Waals surface area contributed by atoms with Crippen molar-refractivity contribution in [3.05, 3.63) is 76.4 Å². The summed E-state index contributed by atoms with van der Waals surface area (Å²) in [5.74, 6) is -0.426. The molecule has 2 N–H and O–H groups in total. The zero-order valence-electron chi connectivity index (χ0n) is 19.3. The van der Waals surface area contributed by atoms with Crippen molar-refractivity contribution in [1.82, 2.24) is 9.88 Å². The van der Waals surface area contributed by atoms with E-state index in [1.807, 2.05) is 30.3 Å². The first-order chi connectivity index (χ1) is 16.0. The lowest BCUT2D eigenvalue weighted by atomic mass is 9.91. The Balaban J connectivity index is 1.61. The zero-order valence-corrected chi connectivity index (χ0v) is 19.3. The van der Waals surface area contributed by atoms with E-state index in [2.05, 4.69) is 29.3 Å². The van der Waals surface area contributed by atoms with Crippen LogP contribution in [0.1, 0.15) is 47.3 Å². The third-order valence-corrected chi connectivity index (χ3v) is 6.75. The van der Waals surface area contributed by atoms with Crippen LogP contribution >= 0.6 is 0 Å². The van der Waals surface area contributed by atoms with Gasteiger partial charge in [-0.05, 0) is 94.1 Å². The van der Waals surface area contributed by atoms with Crippen LogP contribution in [0, 0.1) is 5.82 Å². The van der Waals surface area contributed by atoms with Crippen LogP contribution in [-0.4, -0.2) is 36.4 Å². The minimum absolute atomic E-state index is 0.138. The van der Waals surface area contributed by atoms with Crippen LogP contribution in [-0.2, 0) is 24.1 Å². The highest BCUT2D eigenvalue weighted by molar-refractivity contribution is 6.36. The highest BCUT2D eigenvalue weighted by Gasteiger charge is 2.29. The van der Waals surface area contributed by atoms with Crippen LogP contribution in [0.25, 0.3) is 22.8 Å². The van der Waals surface area contributed by atoms with E-state index in [1.54, 1.807) is 12.1 Å². The molecular formula is C28H30FN3O. The highest BCUT2D eigenvalue weighted by Crippen LogP contribution is 2.41. The van der Waals surface area contributed by atoms with Gasteiger partial charge in [0.05, 0.1) is 5.57 Å². The van der Waals surface area contributed by atoms with Gasteiger partial charge in [0.2, 0.25) is 0 Å². The van der Waals surface area contributed by atoms with Crippen molar-refractivity contribution < 1.29 is 9.18 Å². The second-order valence-corrected chi connectivity index (χ2v) is 9.31. The molecule has 1 aromatic heterocycles. The monoisotopic (exact) mass is 443 g/mol. The molecule has 4 nitrogen and oxygen atoms in total. The second-order valence-electron chi connectivity index (χ2n) is 9.31. The first-order valence-electron chi connectivity index (χ1n) is 11.8. The number of hydrogen-bond acceptors (Lipinski definition) is 2. The second kappa shape index (κ2) is 8.99. The normalized spacial score (nSPS) is 16.2. The van der Waals surface area contributed by atoms with Crippen molar-refractivity contribution in [2.24, 2.45) is 0 Å². The van der Waals surface area contributed by atoms with Gasteiger partial charge in [-0.3, -0.25) is 4.79 Å². The summed E-state index contributed by atoms with van der Waals surface area (Å²) in [5, 5.41) is 2.99. The summed E-state index contributed by atoms with van der Waals surface area (Å²) >= 11 is 0. The number of carbonyl (C=O) groups excluding carboxylic acids is 1. The van der Waals surface area contributed by atoms with Crippen molar-refractivity contribution in [1.29, 1.82) is 0 Å². The summed E-state index contributed by atoms with van der Waals surface area (Å²) in [5.41, 5.74) is 8.47. The third kappa shape index (κ3) is 4.13. The molecule has 0 unspecified atom stereocenters. The Kier molecular flexibility index (Phi) is 5.90. The van der Waals surface area contributed by atoms with Gasteiger partial charge in [0, 0.05) is 28.2 Å². The van der Waals surface area contributed by atoms with Crippen molar-refractivity contribution in [3.63, 3.8) is 0 Å². The van der Waals surface area contributed by atoms with E-state index in [-0.39, 0.29) is 11.7 Å². The molecule has 1 aliphatic heterocycles. The third-order valence-electron chi connectivity index (χ3n) is 6.75. The lowest BCUT2D eigenvalue weighted by Crippen LogP contribution is -2.14. The average Bonchev–Trinajstić information content (AvgIpc) is 3.31. The Bertz CT molecular complexity index is 1240. The summed E-state index contributed by atoms with van der Waals surface area (Å²) in [6.45, 7) is 1.02. The molecule has 1 amide bonds. The van der Waals surface area contributed by atoms with Crippen LogP contribution in [0.5, 0.6) is 0 Å². The van der Waals surface area contributed by atoms with E-state index >= 15 is 0 Å². The fraction of sp³-hybridized carbons (Fsp3) is 0.321. The molecular weight excluding hydrogens is 413 g/mol. The number of anilines is 1. The molecule has 0 radical (unpaired) electrons. The van der Waals surface area contributed by atoms with Crippen molar-refractivity contribution in [3.8, 4) is 11.1 Å². The maximum atomic E-state index is 14.7. The molecule has 170 valence electrons. The van der Waals surface area contributed by atoms with Gasteiger partial charge < -0.3 is 15.2 Å². The summed E-state index contributed by atoms with van der Waals surface area (Å²) in [4.78, 5) is 18.9. The van der Waals surface area contributed by atoms with E-state index in [9.17, 15) is 9.18 Å². The van der Waals surface area contributed by atoms with Crippen molar-refractivity contribution in [2.75, 3.05) is 26.0 Å². The van der Waals surface area contributed by atoms with Gasteiger partial charge in [-0.25, -0.2) is 4.39 Å². The molecule has 2 heterocycles. The maximum absolute atomic E-state index is 14.7. The number of rotatable bonds is 6. The molecule has 33 heavy (non-hydrogen) atoms. The molecule has 5 heteroatoms. The minimum Gasteiger partial charge on any atom is -0.358 e. The topological polar surface area (TPSA) is 48.1 Å². The van der Waals surface area contributed by atoms with E-state index in [1.165, 1.54) is 35.7 Å². The lowest BCUT2D eigenvalue weighted by Gasteiger charge is -2.14. The van der Waals surface area contributed by atoms with E-state index < -0.39 is 0 Å². The summed E-state index contributed by atoms with van der Waals surface area (Å²) in [6, 6.07) is 12.4. The van der Waals surface area contributed by atoms with E-state index in [4.69, 9.17) is 0 Å². The standard InChI is InChI=1S/C28H30FN3O/c1-32(2)16-8-12-20-19-10-4-6-14-24(19)30-26(20)17-22-27-21(18-9-3-5-13-23(18)29)11-7-15-25(27)31-28(22)33/h3,5,7,9,11,13,15,17,30H,4,6,8,10,12,14,16H2,1-2H3,(H,31,33). The fourth-order valence-corrected chi connectivity index (χ4v) is 5.19. The summed E-state index contributed by atoms with van der Waals surface area (Å²) in [7, 11) is 4.19. The van der Waals surface area contributed by atoms with Gasteiger partial charge in [0.1, 0.15) is 5.82 Å². The largest absolute Gasteiger partial charge is 0.358 e. The first kappa shape index (κ1) is 21.7. The minimum atomic E-state index is -0.288. The Hall–Kier alpha value is -3.18. The number of nitrogens with one attached hydrogen (secondary N) is 2. The molecule has 0 spiro atoms. The number of fused-ring (bicyclic) bond motifs is 2. The lowest BCUT2D eigenvalue weighted by molar-refractivity contribution is -0.110. The highest BCUT2D eigenvalue weighted by atomic mass is 19.1. The SMILES string of the molecule is CN(C)CCCc1c(C=C2C(=O)Nc3cccc(-c4ccccc4F)c32)[nH]c2c1CCCC2. The number of nitrogens with zero attached hydrogens (tertiary/aromatic N) is 1. The molecule has 2 aliphatic rings. The molecule has 0 saturated heterocycles. The number of benzene rings is 2. The average molecular weight is 444 g/mol. The van der Waals surface area contributed by atoms with Crippen LogP contribution in [0.4, 0.5) is 10.1 Å². The quantitative estimate of drug-likeness (QED) is 0.481. The molecule has 0 bridgehead atoms. The summed E-state index contributed by atoms with van der Waals surface area (Å²) < 4.78 is 14.7. The number of aromatic nitrogens is 1. The molecule has 3 aromatic rings. The van der Waals surface area contributed by atoms with Crippen LogP contribution < -0.4 is 5.32 Å². The zero-order chi connectivity index (χ0) is 22.9. The maximum Gasteiger partial charge on any atom is 0.256 e. The molecule has 0 saturated carbocycles. The van der Waals surface area contributed by atoms with Gasteiger partial charge in [-0.15, -0.1) is 0 Å². The Labute approximate surface area is 194 Å². The molecule has 0 atom stereocenters. The van der Waals surface area contributed by atoms with Crippen LogP contribution in [0.2, 0.25) is 0 Å². The smallest absolute Gasteiger partial charge is 0.256 e. The number of amides is 1. The van der Waals surface area contributed by atoms with Gasteiger partial charge >= 0.3 is 0 Å². The summed E-state index contributed by atoms with van der Waals surface area (Å²) in [6.07, 6.45) is 8.60. The van der Waals surface area contributed by atoms with Crippen molar-refractivity contribution in [2.45, 2.75) is 38.5 Å². The number of H-pyrrole nitrogens is 1. The first-order valence-corrected chi connectivity index (χ1v) is 11.8. The number of hydrogen-bond donors (Lipinski definition) is 2. The molecule has 5 rings (SSSR count). The van der Waals surface area contributed by atoms with E-state index in [0.717, 1.165) is 54.7 Å². The Morgan fingerprint density at radius 2 is 1.82 bits per heavy atom. The molecule has 0 fully saturated rings. The number of aromatic amines is 1. The van der Waals surface area contributed by atoms with E-state index in [0.29, 0.717) is 11.1 Å². The number of halogens is 1. The van der Waals surface area contributed by atoms with Crippen molar-refractivity contribution >= 4 is 23.2 Å². The number of aryl methyl sites for hydroxylation is 1. The Morgan fingerprint density at radius 1 is 1.03 bits per heavy atom.